The number of benzene rings is 1. The molecule has 1 atom stereocenters. The zero-order chi connectivity index (χ0) is 18.3. The number of carbonyl (C=O) groups excluding carboxylic acids is 1. The number of carbonyl (C=O) groups is 1. The Morgan fingerprint density at radius 1 is 1.16 bits per heavy atom. The van der Waals surface area contributed by atoms with Crippen LogP contribution in [0.3, 0.4) is 0 Å². The average Bonchev–Trinajstić information content (AvgIpc) is 2.78. The van der Waals surface area contributed by atoms with Crippen molar-refractivity contribution in [1.82, 2.24) is 4.31 Å². The second-order valence-corrected chi connectivity index (χ2v) is 9.41. The topological polar surface area (TPSA) is 63.7 Å². The first-order chi connectivity index (χ1) is 11.7. The monoisotopic (exact) mass is 369 g/mol. The second-order valence-electron chi connectivity index (χ2n) is 7.36. The van der Waals surface area contributed by atoms with Gasteiger partial charge in [-0.3, -0.25) is 4.79 Å². The number of sulfonamides is 1. The molecule has 0 amide bonds. The number of likely N-dealkylation sites (N-methyl/N-ethyl adjacent to an activating group) is 1. The number of halogens is 1. The van der Waals surface area contributed by atoms with Crippen molar-refractivity contribution in [1.29, 1.82) is 0 Å². The van der Waals surface area contributed by atoms with Crippen LogP contribution < -0.4 is 0 Å². The molecular formula is C18H24FNO4S. The van der Waals surface area contributed by atoms with E-state index in [-0.39, 0.29) is 11.3 Å². The van der Waals surface area contributed by atoms with Gasteiger partial charge < -0.3 is 4.74 Å². The third kappa shape index (κ3) is 3.44. The van der Waals surface area contributed by atoms with Crippen molar-refractivity contribution < 1.29 is 22.3 Å². The molecule has 1 aromatic rings. The fourth-order valence-corrected chi connectivity index (χ4v) is 5.10. The Morgan fingerprint density at radius 2 is 1.76 bits per heavy atom. The van der Waals surface area contributed by atoms with Gasteiger partial charge in [-0.2, -0.15) is 8.70 Å². The number of hydrogen-bond donors (Lipinski definition) is 0. The van der Waals surface area contributed by atoms with Gasteiger partial charge in [-0.05, 0) is 31.9 Å². The van der Waals surface area contributed by atoms with Crippen LogP contribution in [0.15, 0.2) is 29.2 Å². The van der Waals surface area contributed by atoms with E-state index in [0.717, 1.165) is 29.1 Å². The van der Waals surface area contributed by atoms with E-state index in [1.165, 1.54) is 19.2 Å². The molecule has 0 radical (unpaired) electrons. The maximum atomic E-state index is 15.2. The van der Waals surface area contributed by atoms with Crippen molar-refractivity contribution >= 4 is 16.0 Å². The summed E-state index contributed by atoms with van der Waals surface area (Å²) in [6.07, 6.45) is 3.96. The number of cyclic esters (lactones) is 1. The molecule has 2 fully saturated rings. The Balaban J connectivity index is 1.77. The first kappa shape index (κ1) is 18.3. The molecule has 1 unspecified atom stereocenters. The van der Waals surface area contributed by atoms with Gasteiger partial charge in [-0.25, -0.2) is 8.42 Å². The fraction of sp³-hybridized carbons (Fsp3) is 0.611. The van der Waals surface area contributed by atoms with E-state index >= 15 is 4.39 Å². The molecule has 1 aliphatic heterocycles. The van der Waals surface area contributed by atoms with Crippen molar-refractivity contribution in [3.63, 3.8) is 0 Å². The lowest BCUT2D eigenvalue weighted by Crippen LogP contribution is -2.41. The maximum Gasteiger partial charge on any atom is 0.315 e. The highest BCUT2D eigenvalue weighted by molar-refractivity contribution is 7.89. The van der Waals surface area contributed by atoms with Crippen LogP contribution in [0.1, 0.15) is 44.1 Å². The van der Waals surface area contributed by atoms with E-state index < -0.39 is 33.8 Å². The number of hydrogen-bond acceptors (Lipinski definition) is 4. The van der Waals surface area contributed by atoms with Crippen LogP contribution >= 0.6 is 0 Å². The van der Waals surface area contributed by atoms with Gasteiger partial charge in [0.1, 0.15) is 0 Å². The van der Waals surface area contributed by atoms with Crippen LogP contribution in [0.25, 0.3) is 0 Å². The number of alkyl halides is 1. The SMILES string of the molecule is Cc1ccc(S(=O)(=O)N(C)CC2(F)CC3(CCCCC3)C(=O)O2)cc1. The molecule has 0 N–H and O–H groups in total. The molecule has 25 heavy (non-hydrogen) atoms. The summed E-state index contributed by atoms with van der Waals surface area (Å²) in [6.45, 7) is 1.37. The highest BCUT2D eigenvalue weighted by Crippen LogP contribution is 2.50. The average molecular weight is 369 g/mol. The van der Waals surface area contributed by atoms with Crippen LogP contribution in [0.2, 0.25) is 0 Å². The van der Waals surface area contributed by atoms with E-state index in [4.69, 9.17) is 4.74 Å². The lowest BCUT2D eigenvalue weighted by atomic mass is 9.72. The number of esters is 1. The van der Waals surface area contributed by atoms with E-state index in [9.17, 15) is 13.2 Å². The van der Waals surface area contributed by atoms with Crippen LogP contribution in [0.5, 0.6) is 0 Å². The van der Waals surface area contributed by atoms with Crippen LogP contribution in [0, 0.1) is 12.3 Å². The van der Waals surface area contributed by atoms with E-state index in [1.54, 1.807) is 12.1 Å². The lowest BCUT2D eigenvalue weighted by Gasteiger charge is -2.30. The molecule has 1 saturated carbocycles. The normalized spacial score (nSPS) is 26.2. The first-order valence-corrected chi connectivity index (χ1v) is 10.1. The third-order valence-electron chi connectivity index (χ3n) is 5.31. The summed E-state index contributed by atoms with van der Waals surface area (Å²) in [5.74, 6) is -2.78. The molecule has 7 heteroatoms. The molecule has 3 rings (SSSR count). The predicted octanol–water partition coefficient (Wildman–Crippen LogP) is 3.18. The molecule has 1 heterocycles. The van der Waals surface area contributed by atoms with E-state index in [2.05, 4.69) is 0 Å². The summed E-state index contributed by atoms with van der Waals surface area (Å²) in [4.78, 5) is 12.4. The van der Waals surface area contributed by atoms with Crippen molar-refractivity contribution in [2.75, 3.05) is 13.6 Å². The van der Waals surface area contributed by atoms with Crippen LogP contribution in [-0.4, -0.2) is 38.1 Å². The molecule has 0 aromatic heterocycles. The minimum Gasteiger partial charge on any atom is -0.427 e. The standard InChI is InChI=1S/C18H24FNO4S/c1-14-6-8-15(9-7-14)25(22,23)20(2)13-18(19)12-17(16(21)24-18)10-4-3-5-11-17/h6-9H,3-5,10-13H2,1-2H3. The summed E-state index contributed by atoms with van der Waals surface area (Å²) in [7, 11) is -2.52. The lowest BCUT2D eigenvalue weighted by molar-refractivity contribution is -0.168. The predicted molar refractivity (Wildman–Crippen MR) is 91.1 cm³/mol. The Hall–Kier alpha value is -1.47. The summed E-state index contributed by atoms with van der Waals surface area (Å²) in [5.41, 5.74) is 0.161. The second kappa shape index (κ2) is 6.36. The van der Waals surface area contributed by atoms with Gasteiger partial charge >= 0.3 is 5.97 Å². The van der Waals surface area contributed by atoms with Gasteiger partial charge in [-0.15, -0.1) is 0 Å². The summed E-state index contributed by atoms with van der Waals surface area (Å²) in [6, 6.07) is 6.38. The molecule has 1 saturated heterocycles. The number of rotatable bonds is 4. The number of aryl methyl sites for hydroxylation is 1. The summed E-state index contributed by atoms with van der Waals surface area (Å²) >= 11 is 0. The highest BCUT2D eigenvalue weighted by Gasteiger charge is 2.58. The maximum absolute atomic E-state index is 15.2. The van der Waals surface area contributed by atoms with Crippen molar-refractivity contribution in [3.8, 4) is 0 Å². The fourth-order valence-electron chi connectivity index (χ4n) is 3.89. The molecule has 1 aromatic carbocycles. The zero-order valence-corrected chi connectivity index (χ0v) is 15.4. The van der Waals surface area contributed by atoms with Gasteiger partial charge in [0.25, 0.3) is 5.85 Å². The highest BCUT2D eigenvalue weighted by atomic mass is 32.2. The molecule has 5 nitrogen and oxygen atoms in total. The van der Waals surface area contributed by atoms with Crippen molar-refractivity contribution in [2.45, 2.75) is 56.2 Å². The molecule has 1 aliphatic carbocycles. The van der Waals surface area contributed by atoms with E-state index in [0.29, 0.717) is 12.8 Å². The summed E-state index contributed by atoms with van der Waals surface area (Å²) in [5, 5.41) is 0. The number of ether oxygens (including phenoxy) is 1. The Kier molecular flexibility index (Phi) is 4.66. The molecule has 1 spiro atoms. The van der Waals surface area contributed by atoms with Gasteiger partial charge in [0.2, 0.25) is 10.0 Å². The molecule has 0 bridgehead atoms. The Bertz CT molecular complexity index is 756. The molecular weight excluding hydrogens is 345 g/mol. The van der Waals surface area contributed by atoms with Crippen LogP contribution in [-0.2, 0) is 19.6 Å². The van der Waals surface area contributed by atoms with Gasteiger partial charge in [-0.1, -0.05) is 37.0 Å². The van der Waals surface area contributed by atoms with Gasteiger partial charge in [0.15, 0.2) is 0 Å². The minimum absolute atomic E-state index is 0.0629. The molecule has 138 valence electrons. The smallest absolute Gasteiger partial charge is 0.315 e. The number of nitrogens with zero attached hydrogens (tertiary/aromatic N) is 1. The van der Waals surface area contributed by atoms with Crippen molar-refractivity contribution in [2.24, 2.45) is 5.41 Å². The van der Waals surface area contributed by atoms with Gasteiger partial charge in [0, 0.05) is 13.5 Å². The zero-order valence-electron chi connectivity index (χ0n) is 14.6. The molecule has 2 aliphatic rings. The minimum atomic E-state index is -3.84. The van der Waals surface area contributed by atoms with Crippen molar-refractivity contribution in [3.05, 3.63) is 29.8 Å². The largest absolute Gasteiger partial charge is 0.427 e. The summed E-state index contributed by atoms with van der Waals surface area (Å²) < 4.78 is 46.5. The first-order valence-electron chi connectivity index (χ1n) is 8.62. The third-order valence-corrected chi connectivity index (χ3v) is 7.13. The Labute approximate surface area is 148 Å². The Morgan fingerprint density at radius 3 is 2.36 bits per heavy atom. The quantitative estimate of drug-likeness (QED) is 0.765. The van der Waals surface area contributed by atoms with E-state index in [1.807, 2.05) is 6.92 Å². The van der Waals surface area contributed by atoms with Gasteiger partial charge in [0.05, 0.1) is 16.9 Å². The van der Waals surface area contributed by atoms with Crippen LogP contribution in [0.4, 0.5) is 4.39 Å².